The summed E-state index contributed by atoms with van der Waals surface area (Å²) < 4.78 is 0. The Morgan fingerprint density at radius 3 is 2.68 bits per heavy atom. The first-order valence-electron chi connectivity index (χ1n) is 13.8. The summed E-state index contributed by atoms with van der Waals surface area (Å²) in [4.78, 5) is 20.6. The number of hydrogen-bond acceptors (Lipinski definition) is 9. The number of quaternary nitrogens is 1. The lowest BCUT2D eigenvalue weighted by atomic mass is 10.1. The quantitative estimate of drug-likeness (QED) is 0.139. The highest BCUT2D eigenvalue weighted by atomic mass is 32.1. The first-order valence-corrected chi connectivity index (χ1v) is 14.7. The minimum atomic E-state index is -1.04. The summed E-state index contributed by atoms with van der Waals surface area (Å²) in [5, 5.41) is 35.4. The van der Waals surface area contributed by atoms with Crippen LogP contribution in [0.3, 0.4) is 0 Å². The van der Waals surface area contributed by atoms with Gasteiger partial charge in [-0.2, -0.15) is 5.23 Å². The zero-order valence-electron chi connectivity index (χ0n) is 22.7. The minimum absolute atomic E-state index is 0.222. The van der Waals surface area contributed by atoms with E-state index in [1.807, 2.05) is 53.9 Å². The Hall–Kier alpha value is -4.00. The maximum Gasteiger partial charge on any atom is 0.267 e. The van der Waals surface area contributed by atoms with E-state index in [2.05, 4.69) is 31.2 Å². The number of aromatic nitrogens is 1. The molecule has 5 rings (SSSR count). The molecule has 41 heavy (non-hydrogen) atoms. The van der Waals surface area contributed by atoms with E-state index >= 15 is 0 Å². The second kappa shape index (κ2) is 14.1. The van der Waals surface area contributed by atoms with E-state index in [-0.39, 0.29) is 5.91 Å². The smallest absolute Gasteiger partial charge is 0.267 e. The molecule has 0 radical (unpaired) electrons. The number of rotatable bonds is 12. The molecule has 0 spiro atoms. The maximum absolute atomic E-state index is 13.2. The predicted molar refractivity (Wildman–Crippen MR) is 164 cm³/mol. The molecule has 1 aliphatic rings. The van der Waals surface area contributed by atoms with Crippen LogP contribution in [-0.4, -0.2) is 47.2 Å². The fraction of sp³-hybridized carbons (Fsp3) is 0.267. The Bertz CT molecular complexity index is 1480. The first-order chi connectivity index (χ1) is 20.0. The molecule has 1 fully saturated rings. The number of nitrogens with one attached hydrogen (secondary N) is 5. The number of amides is 1. The summed E-state index contributed by atoms with van der Waals surface area (Å²) in [6.07, 6.45) is 6.61. The lowest BCUT2D eigenvalue weighted by molar-refractivity contribution is -1.00. The third kappa shape index (κ3) is 8.03. The third-order valence-electron chi connectivity index (χ3n) is 6.94. The van der Waals surface area contributed by atoms with Crippen molar-refractivity contribution in [2.24, 2.45) is 0 Å². The molecule has 1 saturated heterocycles. The van der Waals surface area contributed by atoms with Gasteiger partial charge in [0.1, 0.15) is 4.88 Å². The summed E-state index contributed by atoms with van der Waals surface area (Å²) in [5.41, 5.74) is 4.05. The zero-order chi connectivity index (χ0) is 28.4. The molecular formula is C30H35N7O3S. The fourth-order valence-electron chi connectivity index (χ4n) is 4.93. The van der Waals surface area contributed by atoms with Gasteiger partial charge in [-0.05, 0) is 73.3 Å². The van der Waals surface area contributed by atoms with Gasteiger partial charge in [-0.3, -0.25) is 9.78 Å². The van der Waals surface area contributed by atoms with Crippen molar-refractivity contribution in [2.45, 2.75) is 25.8 Å². The normalized spacial score (nSPS) is 14.9. The molecule has 3 heterocycles. The van der Waals surface area contributed by atoms with Gasteiger partial charge >= 0.3 is 0 Å². The van der Waals surface area contributed by atoms with Gasteiger partial charge in [0.15, 0.2) is 12.0 Å². The molecule has 2 aromatic carbocycles. The molecule has 1 aliphatic heterocycles. The molecule has 2 aromatic heterocycles. The molecule has 214 valence electrons. The number of carbonyl (C=O) groups excluding carboxylic acids is 1. The van der Waals surface area contributed by atoms with Crippen LogP contribution in [0, 0.1) is 5.21 Å². The summed E-state index contributed by atoms with van der Waals surface area (Å²) in [7, 11) is 0. The number of piperidine rings is 1. The van der Waals surface area contributed by atoms with Gasteiger partial charge < -0.3 is 31.4 Å². The summed E-state index contributed by atoms with van der Waals surface area (Å²) in [5.74, 6) is 0.173. The predicted octanol–water partition coefficient (Wildman–Crippen LogP) is 4.22. The minimum Gasteiger partial charge on any atom is -0.595 e. The number of likely N-dealkylation sites (tertiary alicyclic amines) is 1. The highest BCUT2D eigenvalue weighted by molar-refractivity contribution is 7.12. The molecule has 0 aliphatic carbocycles. The van der Waals surface area contributed by atoms with Gasteiger partial charge in [0.05, 0.1) is 11.2 Å². The van der Waals surface area contributed by atoms with Crippen LogP contribution in [0.1, 0.15) is 34.5 Å². The van der Waals surface area contributed by atoms with E-state index < -0.39 is 5.23 Å². The summed E-state index contributed by atoms with van der Waals surface area (Å²) >= 11 is 1.37. The van der Waals surface area contributed by atoms with Gasteiger partial charge in [0.25, 0.3) is 5.91 Å². The molecule has 1 atom stereocenters. The van der Waals surface area contributed by atoms with Crippen LogP contribution in [-0.2, 0) is 6.54 Å². The second-order valence-corrected chi connectivity index (χ2v) is 10.8. The largest absolute Gasteiger partial charge is 0.595 e. The Labute approximate surface area is 243 Å². The van der Waals surface area contributed by atoms with E-state index in [0.29, 0.717) is 35.2 Å². The van der Waals surface area contributed by atoms with Crippen LogP contribution in [0.4, 0.5) is 17.1 Å². The first kappa shape index (κ1) is 28.5. The number of pyridine rings is 1. The van der Waals surface area contributed by atoms with E-state index in [4.69, 9.17) is 0 Å². The molecule has 4 aromatic rings. The van der Waals surface area contributed by atoms with Gasteiger partial charge in [-0.15, -0.1) is 11.3 Å². The number of anilines is 3. The number of thiophene rings is 1. The highest BCUT2D eigenvalue weighted by Crippen LogP contribution is 2.26. The number of benzene rings is 2. The number of para-hydroxylation sites is 1. The summed E-state index contributed by atoms with van der Waals surface area (Å²) in [6, 6.07) is 19.1. The number of nitrogens with zero attached hydrogens (tertiary/aromatic N) is 2. The Kier molecular flexibility index (Phi) is 9.78. The Morgan fingerprint density at radius 2 is 1.85 bits per heavy atom. The van der Waals surface area contributed by atoms with Crippen molar-refractivity contribution in [3.05, 3.63) is 99.9 Å². The molecule has 0 bridgehead atoms. The molecule has 1 amide bonds. The fourth-order valence-corrected chi connectivity index (χ4v) is 5.69. The Balaban J connectivity index is 1.20. The van der Waals surface area contributed by atoms with Crippen LogP contribution < -0.4 is 26.5 Å². The monoisotopic (exact) mass is 573 g/mol. The van der Waals surface area contributed by atoms with Crippen LogP contribution >= 0.6 is 11.3 Å². The van der Waals surface area contributed by atoms with Crippen molar-refractivity contribution in [1.82, 2.24) is 15.2 Å². The summed E-state index contributed by atoms with van der Waals surface area (Å²) in [6.45, 7) is 4.20. The van der Waals surface area contributed by atoms with E-state index in [9.17, 15) is 15.2 Å². The average molecular weight is 574 g/mol. The van der Waals surface area contributed by atoms with Crippen LogP contribution in [0.5, 0.6) is 0 Å². The maximum atomic E-state index is 13.2. The van der Waals surface area contributed by atoms with Crippen molar-refractivity contribution in [3.63, 3.8) is 0 Å². The second-order valence-electron chi connectivity index (χ2n) is 9.89. The van der Waals surface area contributed by atoms with Gasteiger partial charge in [-0.1, -0.05) is 30.7 Å². The van der Waals surface area contributed by atoms with E-state index in [0.717, 1.165) is 48.0 Å². The molecule has 1 unspecified atom stereocenters. The number of hydroxylamine groups is 2. The average Bonchev–Trinajstić information content (AvgIpc) is 3.45. The zero-order valence-corrected chi connectivity index (χ0v) is 23.5. The number of hydrogen-bond donors (Lipinski definition) is 6. The standard InChI is InChI=1S/C30H35N7O3S/c38-30(29-27(12-18-41-29)33-20-22-11-13-31-26-10-3-2-9-25(22)26)35-24-8-6-7-23(19-24)34-28(21-37(39)40)32-14-17-36-15-4-1-5-16-36/h2-3,6-13,18-19,21,32-34,37,39H,1,4-5,14-17,20H2,(H,35,38)/b28-21+. The van der Waals surface area contributed by atoms with Crippen LogP contribution in [0.2, 0.25) is 0 Å². The highest BCUT2D eigenvalue weighted by Gasteiger charge is 2.15. The SMILES string of the molecule is O=C(Nc1cccc(N/C(=C/[NH+]([O-])O)NCCN2CCCCC2)c1)c1sccc1NCc1ccnc2ccccc12. The van der Waals surface area contributed by atoms with Gasteiger partial charge in [0, 0.05) is 42.6 Å². The van der Waals surface area contributed by atoms with Crippen molar-refractivity contribution >= 4 is 45.2 Å². The lowest BCUT2D eigenvalue weighted by Gasteiger charge is -2.26. The molecule has 6 N–H and O–H groups in total. The van der Waals surface area contributed by atoms with Gasteiger partial charge in [-0.25, -0.2) is 5.21 Å². The van der Waals surface area contributed by atoms with Gasteiger partial charge in [0.2, 0.25) is 0 Å². The van der Waals surface area contributed by atoms with E-state index in [1.54, 1.807) is 18.3 Å². The molecule has 0 saturated carbocycles. The number of fused-ring (bicyclic) bond motifs is 1. The van der Waals surface area contributed by atoms with Crippen molar-refractivity contribution in [2.75, 3.05) is 42.1 Å². The molecule has 10 nitrogen and oxygen atoms in total. The molecular weight excluding hydrogens is 538 g/mol. The third-order valence-corrected chi connectivity index (χ3v) is 7.85. The van der Waals surface area contributed by atoms with Crippen molar-refractivity contribution in [1.29, 1.82) is 0 Å². The van der Waals surface area contributed by atoms with E-state index in [1.165, 1.54) is 30.6 Å². The van der Waals surface area contributed by atoms with Crippen molar-refractivity contribution < 1.29 is 15.2 Å². The molecule has 11 heteroatoms. The lowest BCUT2D eigenvalue weighted by Crippen LogP contribution is -2.99. The topological polar surface area (TPSA) is 129 Å². The number of carbonyl (C=O) groups is 1. The Morgan fingerprint density at radius 1 is 1.05 bits per heavy atom. The van der Waals surface area contributed by atoms with Crippen LogP contribution in [0.25, 0.3) is 10.9 Å². The van der Waals surface area contributed by atoms with Crippen LogP contribution in [0.15, 0.2) is 84.3 Å². The van der Waals surface area contributed by atoms with Crippen molar-refractivity contribution in [3.8, 4) is 0 Å².